The van der Waals surface area contributed by atoms with Crippen molar-refractivity contribution < 1.29 is 18.0 Å². The maximum absolute atomic E-state index is 12.4. The Kier molecular flexibility index (Phi) is 4.08. The van der Waals surface area contributed by atoms with E-state index >= 15 is 0 Å². The third-order valence-corrected chi connectivity index (χ3v) is 2.86. The number of carbonyl (C=O) groups excluding carboxylic acids is 1. The lowest BCUT2D eigenvalue weighted by molar-refractivity contribution is -0.137. The lowest BCUT2D eigenvalue weighted by atomic mass is 10.2. The molecule has 0 bridgehead atoms. The number of hydrogen-bond donors (Lipinski definition) is 1. The molecular formula is C13H8BrF3N2O. The summed E-state index contributed by atoms with van der Waals surface area (Å²) in [4.78, 5) is 15.8. The summed E-state index contributed by atoms with van der Waals surface area (Å²) in [5.74, 6) is -0.494. The Balaban J connectivity index is 2.12. The van der Waals surface area contributed by atoms with Crippen molar-refractivity contribution in [1.82, 2.24) is 4.98 Å². The van der Waals surface area contributed by atoms with E-state index in [0.29, 0.717) is 4.60 Å². The molecule has 0 unspecified atom stereocenters. The molecule has 0 radical (unpaired) electrons. The molecule has 3 nitrogen and oxygen atoms in total. The van der Waals surface area contributed by atoms with Gasteiger partial charge in [-0.1, -0.05) is 6.07 Å². The Morgan fingerprint density at radius 2 is 1.75 bits per heavy atom. The molecule has 0 aliphatic heterocycles. The number of benzene rings is 1. The number of nitrogens with zero attached hydrogens (tertiary/aromatic N) is 1. The van der Waals surface area contributed by atoms with Crippen LogP contribution >= 0.6 is 15.9 Å². The molecule has 0 saturated heterocycles. The average molecular weight is 345 g/mol. The van der Waals surface area contributed by atoms with Crippen molar-refractivity contribution in [1.29, 1.82) is 0 Å². The molecule has 0 aliphatic carbocycles. The van der Waals surface area contributed by atoms with Gasteiger partial charge in [0.2, 0.25) is 0 Å². The number of amides is 1. The van der Waals surface area contributed by atoms with Crippen molar-refractivity contribution in [3.05, 3.63) is 58.3 Å². The van der Waals surface area contributed by atoms with Crippen molar-refractivity contribution in [3.63, 3.8) is 0 Å². The van der Waals surface area contributed by atoms with Crippen LogP contribution in [-0.4, -0.2) is 10.9 Å². The lowest BCUT2D eigenvalue weighted by Gasteiger charge is -2.08. The number of alkyl halides is 3. The molecule has 1 aromatic heterocycles. The fourth-order valence-corrected chi connectivity index (χ4v) is 1.82. The molecule has 1 aromatic carbocycles. The van der Waals surface area contributed by atoms with E-state index < -0.39 is 17.6 Å². The van der Waals surface area contributed by atoms with Crippen LogP contribution in [0, 0.1) is 0 Å². The SMILES string of the molecule is O=C(Nc1ccc(C(F)(F)F)cc1)c1cccc(Br)n1. The fraction of sp³-hybridized carbons (Fsp3) is 0.0769. The number of rotatable bonds is 2. The summed E-state index contributed by atoms with van der Waals surface area (Å²) >= 11 is 3.13. The van der Waals surface area contributed by atoms with E-state index in [2.05, 4.69) is 26.2 Å². The van der Waals surface area contributed by atoms with Gasteiger partial charge in [-0.15, -0.1) is 0 Å². The Hall–Kier alpha value is -1.89. The highest BCUT2D eigenvalue weighted by Crippen LogP contribution is 2.29. The highest BCUT2D eigenvalue weighted by atomic mass is 79.9. The van der Waals surface area contributed by atoms with Crippen LogP contribution in [0.5, 0.6) is 0 Å². The molecule has 0 atom stereocenters. The smallest absolute Gasteiger partial charge is 0.321 e. The van der Waals surface area contributed by atoms with Crippen molar-refractivity contribution >= 4 is 27.5 Å². The number of nitrogens with one attached hydrogen (secondary N) is 1. The topological polar surface area (TPSA) is 42.0 Å². The Bertz CT molecular complexity index is 626. The van der Waals surface area contributed by atoms with Gasteiger partial charge >= 0.3 is 6.18 Å². The lowest BCUT2D eigenvalue weighted by Crippen LogP contribution is -2.14. The van der Waals surface area contributed by atoms with Crippen molar-refractivity contribution in [3.8, 4) is 0 Å². The van der Waals surface area contributed by atoms with Gasteiger partial charge < -0.3 is 5.32 Å². The van der Waals surface area contributed by atoms with Crippen molar-refractivity contribution in [2.75, 3.05) is 5.32 Å². The summed E-state index contributed by atoms with van der Waals surface area (Å²) in [5, 5.41) is 2.47. The average Bonchev–Trinajstić information content (AvgIpc) is 2.38. The summed E-state index contributed by atoms with van der Waals surface area (Å²) in [6.45, 7) is 0. The number of hydrogen-bond acceptors (Lipinski definition) is 2. The third kappa shape index (κ3) is 3.57. The molecule has 7 heteroatoms. The minimum atomic E-state index is -4.39. The van der Waals surface area contributed by atoms with Gasteiger partial charge in [-0.25, -0.2) is 4.98 Å². The zero-order chi connectivity index (χ0) is 14.8. The predicted octanol–water partition coefficient (Wildman–Crippen LogP) is 4.12. The van der Waals surface area contributed by atoms with Crippen molar-refractivity contribution in [2.24, 2.45) is 0 Å². The Labute approximate surface area is 121 Å². The Morgan fingerprint density at radius 3 is 2.30 bits per heavy atom. The van der Waals surface area contributed by atoms with Crippen LogP contribution in [0.2, 0.25) is 0 Å². The first-order valence-electron chi connectivity index (χ1n) is 5.47. The quantitative estimate of drug-likeness (QED) is 0.833. The molecule has 20 heavy (non-hydrogen) atoms. The van der Waals surface area contributed by atoms with E-state index in [-0.39, 0.29) is 11.4 Å². The third-order valence-electron chi connectivity index (χ3n) is 2.42. The van der Waals surface area contributed by atoms with Gasteiger partial charge in [0, 0.05) is 5.69 Å². The molecule has 0 aliphatic rings. The van der Waals surface area contributed by atoms with Crippen LogP contribution in [0.25, 0.3) is 0 Å². The molecule has 0 fully saturated rings. The molecule has 0 spiro atoms. The zero-order valence-electron chi connectivity index (χ0n) is 9.91. The molecule has 1 N–H and O–H groups in total. The summed E-state index contributed by atoms with van der Waals surface area (Å²) < 4.78 is 37.7. The summed E-state index contributed by atoms with van der Waals surface area (Å²) in [7, 11) is 0. The summed E-state index contributed by atoms with van der Waals surface area (Å²) in [5.41, 5.74) is -0.333. The zero-order valence-corrected chi connectivity index (χ0v) is 11.5. The second kappa shape index (κ2) is 5.62. The minimum Gasteiger partial charge on any atom is -0.321 e. The van der Waals surface area contributed by atoms with E-state index in [1.165, 1.54) is 18.2 Å². The number of anilines is 1. The van der Waals surface area contributed by atoms with E-state index in [9.17, 15) is 18.0 Å². The van der Waals surface area contributed by atoms with E-state index in [4.69, 9.17) is 0 Å². The first-order valence-corrected chi connectivity index (χ1v) is 6.27. The molecule has 1 amide bonds. The van der Waals surface area contributed by atoms with Gasteiger partial charge in [-0.2, -0.15) is 13.2 Å². The van der Waals surface area contributed by atoms with Gasteiger partial charge in [0.05, 0.1) is 5.56 Å². The standard InChI is InChI=1S/C13H8BrF3N2O/c14-11-3-1-2-10(19-11)12(20)18-9-6-4-8(5-7-9)13(15,16)17/h1-7H,(H,18,20). The van der Waals surface area contributed by atoms with E-state index in [1.54, 1.807) is 12.1 Å². The van der Waals surface area contributed by atoms with Gasteiger partial charge in [0.1, 0.15) is 10.3 Å². The van der Waals surface area contributed by atoms with Crippen LogP contribution < -0.4 is 5.32 Å². The van der Waals surface area contributed by atoms with E-state index in [0.717, 1.165) is 12.1 Å². The van der Waals surface area contributed by atoms with Crippen LogP contribution in [0.1, 0.15) is 16.1 Å². The fourth-order valence-electron chi connectivity index (χ4n) is 1.47. The van der Waals surface area contributed by atoms with Crippen LogP contribution in [0.4, 0.5) is 18.9 Å². The molecule has 1 heterocycles. The van der Waals surface area contributed by atoms with Gasteiger partial charge in [-0.05, 0) is 52.3 Å². The first-order chi connectivity index (χ1) is 9.36. The molecular weight excluding hydrogens is 337 g/mol. The maximum atomic E-state index is 12.4. The predicted molar refractivity (Wildman–Crippen MR) is 71.3 cm³/mol. The molecule has 104 valence electrons. The Morgan fingerprint density at radius 1 is 1.10 bits per heavy atom. The second-order valence-corrected chi connectivity index (χ2v) is 4.69. The number of aromatic nitrogens is 1. The summed E-state index contributed by atoms with van der Waals surface area (Å²) in [6.07, 6.45) is -4.39. The number of carbonyl (C=O) groups is 1. The van der Waals surface area contributed by atoms with Gasteiger partial charge in [0.25, 0.3) is 5.91 Å². The minimum absolute atomic E-state index is 0.166. The van der Waals surface area contributed by atoms with Crippen LogP contribution in [0.3, 0.4) is 0 Å². The normalized spacial score (nSPS) is 11.2. The van der Waals surface area contributed by atoms with Crippen molar-refractivity contribution in [2.45, 2.75) is 6.18 Å². The highest BCUT2D eigenvalue weighted by Gasteiger charge is 2.29. The number of pyridine rings is 1. The molecule has 2 rings (SSSR count). The number of halogens is 4. The second-order valence-electron chi connectivity index (χ2n) is 3.87. The van der Waals surface area contributed by atoms with Gasteiger partial charge in [-0.3, -0.25) is 4.79 Å². The highest BCUT2D eigenvalue weighted by molar-refractivity contribution is 9.10. The van der Waals surface area contributed by atoms with E-state index in [1.807, 2.05) is 0 Å². The van der Waals surface area contributed by atoms with Crippen LogP contribution in [-0.2, 0) is 6.18 Å². The first kappa shape index (κ1) is 14.5. The van der Waals surface area contributed by atoms with Gasteiger partial charge in [0.15, 0.2) is 0 Å². The van der Waals surface area contributed by atoms with Crippen LogP contribution in [0.15, 0.2) is 47.1 Å². The summed E-state index contributed by atoms with van der Waals surface area (Å²) in [6, 6.07) is 9.00. The molecule has 0 saturated carbocycles. The monoisotopic (exact) mass is 344 g/mol. The maximum Gasteiger partial charge on any atom is 0.416 e. The molecule has 2 aromatic rings. The largest absolute Gasteiger partial charge is 0.416 e.